The predicted molar refractivity (Wildman–Crippen MR) is 100 cm³/mol. The van der Waals surface area contributed by atoms with Gasteiger partial charge in [0.1, 0.15) is 5.82 Å². The molecular weight excluding hydrogens is 359 g/mol. The summed E-state index contributed by atoms with van der Waals surface area (Å²) in [5, 5.41) is 2.83. The largest absolute Gasteiger partial charge is 0.326 e. The number of benzene rings is 1. The topological polar surface area (TPSA) is 66.5 Å². The minimum absolute atomic E-state index is 0.00561. The molecule has 1 saturated heterocycles. The molecule has 0 unspecified atom stereocenters. The van der Waals surface area contributed by atoms with Gasteiger partial charge < -0.3 is 5.32 Å². The molecule has 28 heavy (non-hydrogen) atoms. The Morgan fingerprint density at radius 2 is 1.50 bits per heavy atom. The molecular formula is C22H23FN2O3. The first-order chi connectivity index (χ1) is 13.5. The molecule has 1 heterocycles. The van der Waals surface area contributed by atoms with Gasteiger partial charge in [0.05, 0.1) is 11.8 Å². The number of nitrogens with zero attached hydrogens (tertiary/aromatic N) is 1. The van der Waals surface area contributed by atoms with Crippen LogP contribution in [0.2, 0.25) is 0 Å². The number of hydrogen-bond acceptors (Lipinski definition) is 3. The Hall–Kier alpha value is -2.50. The third kappa shape index (κ3) is 2.69. The van der Waals surface area contributed by atoms with Crippen molar-refractivity contribution in [1.29, 1.82) is 0 Å². The highest BCUT2D eigenvalue weighted by molar-refractivity contribution is 6.06. The van der Waals surface area contributed by atoms with Gasteiger partial charge in [0.25, 0.3) is 0 Å². The summed E-state index contributed by atoms with van der Waals surface area (Å²) in [6.45, 7) is 0. The number of amides is 3. The van der Waals surface area contributed by atoms with Crippen molar-refractivity contribution in [3.63, 3.8) is 0 Å². The number of rotatable bonds is 3. The fourth-order valence-corrected chi connectivity index (χ4v) is 5.66. The summed E-state index contributed by atoms with van der Waals surface area (Å²) < 4.78 is 13.0. The van der Waals surface area contributed by atoms with Gasteiger partial charge in [-0.3, -0.25) is 19.3 Å². The van der Waals surface area contributed by atoms with Gasteiger partial charge in [0.15, 0.2) is 0 Å². The number of likely N-dealkylation sites (tertiary alicyclic amines) is 1. The normalized spacial score (nSPS) is 36.1. The van der Waals surface area contributed by atoms with Crippen LogP contribution >= 0.6 is 0 Å². The lowest BCUT2D eigenvalue weighted by Gasteiger charge is -2.33. The molecule has 0 radical (unpaired) electrons. The van der Waals surface area contributed by atoms with Crippen LogP contribution in [0.1, 0.15) is 32.1 Å². The number of imide groups is 1. The predicted octanol–water partition coefficient (Wildman–Crippen LogP) is 3.13. The van der Waals surface area contributed by atoms with Gasteiger partial charge in [0, 0.05) is 17.6 Å². The maximum absolute atomic E-state index is 13.0. The van der Waals surface area contributed by atoms with Crippen LogP contribution in [0.25, 0.3) is 0 Å². The van der Waals surface area contributed by atoms with Crippen molar-refractivity contribution < 1.29 is 18.8 Å². The monoisotopic (exact) mass is 382 g/mol. The Morgan fingerprint density at radius 3 is 2.07 bits per heavy atom. The minimum atomic E-state index is -0.341. The Morgan fingerprint density at radius 1 is 0.929 bits per heavy atom. The molecule has 0 aromatic heterocycles. The number of anilines is 1. The van der Waals surface area contributed by atoms with Crippen LogP contribution in [-0.4, -0.2) is 28.7 Å². The summed E-state index contributed by atoms with van der Waals surface area (Å²) in [4.78, 5) is 39.9. The average molecular weight is 382 g/mol. The summed E-state index contributed by atoms with van der Waals surface area (Å²) in [6, 6.07) is 5.63. The van der Waals surface area contributed by atoms with Gasteiger partial charge in [-0.2, -0.15) is 0 Å². The van der Waals surface area contributed by atoms with Crippen LogP contribution < -0.4 is 5.32 Å². The van der Waals surface area contributed by atoms with Gasteiger partial charge in [-0.05, 0) is 68.2 Å². The van der Waals surface area contributed by atoms with Crippen molar-refractivity contribution in [3.8, 4) is 0 Å². The molecule has 1 aliphatic heterocycles. The van der Waals surface area contributed by atoms with Crippen LogP contribution in [0.5, 0.6) is 0 Å². The van der Waals surface area contributed by atoms with E-state index < -0.39 is 0 Å². The van der Waals surface area contributed by atoms with E-state index in [0.717, 1.165) is 6.42 Å². The van der Waals surface area contributed by atoms with Gasteiger partial charge >= 0.3 is 0 Å². The molecule has 1 aromatic carbocycles. The lowest BCUT2D eigenvalue weighted by molar-refractivity contribution is -0.144. The quantitative estimate of drug-likeness (QED) is 0.645. The maximum Gasteiger partial charge on any atom is 0.233 e. The van der Waals surface area contributed by atoms with E-state index in [0.29, 0.717) is 31.4 Å². The van der Waals surface area contributed by atoms with E-state index in [1.54, 1.807) is 12.1 Å². The molecule has 5 nitrogen and oxygen atoms in total. The fourth-order valence-electron chi connectivity index (χ4n) is 5.66. The van der Waals surface area contributed by atoms with Gasteiger partial charge in [0.2, 0.25) is 17.7 Å². The molecule has 4 atom stereocenters. The Kier molecular flexibility index (Phi) is 4.11. The van der Waals surface area contributed by atoms with Crippen LogP contribution in [0, 0.1) is 35.4 Å². The fraction of sp³-hybridized carbons (Fsp3) is 0.500. The first-order valence-corrected chi connectivity index (χ1v) is 10.1. The SMILES string of the molecule is O=C(Nc1ccc(F)cc1)C1CCC(N2C(=O)[C@@H]3[C@@H](C2=O)[C@H]2C=C[C@H]3C2)CC1. The number of allylic oxidation sites excluding steroid dienone is 2. The number of carbonyl (C=O) groups excluding carboxylic acids is 3. The molecule has 5 rings (SSSR count). The Bertz CT molecular complexity index is 827. The van der Waals surface area contributed by atoms with Gasteiger partial charge in [-0.15, -0.1) is 0 Å². The van der Waals surface area contributed by atoms with Crippen molar-refractivity contribution >= 4 is 23.4 Å². The van der Waals surface area contributed by atoms with Gasteiger partial charge in [-0.25, -0.2) is 4.39 Å². The summed E-state index contributed by atoms with van der Waals surface area (Å²) in [6.07, 6.45) is 7.79. The smallest absolute Gasteiger partial charge is 0.233 e. The Labute approximate surface area is 163 Å². The van der Waals surface area contributed by atoms with E-state index in [2.05, 4.69) is 17.5 Å². The lowest BCUT2D eigenvalue weighted by Crippen LogP contribution is -2.44. The first kappa shape index (κ1) is 17.6. The third-order valence-corrected chi connectivity index (χ3v) is 7.05. The number of carbonyl (C=O) groups is 3. The summed E-state index contributed by atoms with van der Waals surface area (Å²) in [7, 11) is 0. The number of fused-ring (bicyclic) bond motifs is 5. The molecule has 1 N–H and O–H groups in total. The maximum atomic E-state index is 13.0. The first-order valence-electron chi connectivity index (χ1n) is 10.1. The van der Waals surface area contributed by atoms with Crippen LogP contribution in [0.15, 0.2) is 36.4 Å². The van der Waals surface area contributed by atoms with Crippen LogP contribution in [-0.2, 0) is 14.4 Å². The van der Waals surface area contributed by atoms with E-state index in [1.165, 1.54) is 17.0 Å². The second kappa shape index (κ2) is 6.54. The molecule has 4 aliphatic rings. The zero-order valence-electron chi connectivity index (χ0n) is 15.5. The van der Waals surface area contributed by atoms with Crippen LogP contribution in [0.3, 0.4) is 0 Å². The highest BCUT2D eigenvalue weighted by Gasteiger charge is 2.60. The molecule has 6 heteroatoms. The summed E-state index contributed by atoms with van der Waals surface area (Å²) in [5.74, 6) is -0.397. The van der Waals surface area contributed by atoms with E-state index in [-0.39, 0.29) is 59.2 Å². The second-order valence-electron chi connectivity index (χ2n) is 8.55. The minimum Gasteiger partial charge on any atom is -0.326 e. The molecule has 2 bridgehead atoms. The van der Waals surface area contributed by atoms with E-state index in [9.17, 15) is 18.8 Å². The molecule has 3 aliphatic carbocycles. The second-order valence-corrected chi connectivity index (χ2v) is 8.55. The highest BCUT2D eigenvalue weighted by atomic mass is 19.1. The van der Waals surface area contributed by atoms with Gasteiger partial charge in [-0.1, -0.05) is 12.2 Å². The summed E-state index contributed by atoms with van der Waals surface area (Å²) in [5.41, 5.74) is 0.578. The molecule has 3 amide bonds. The van der Waals surface area contributed by atoms with Crippen molar-refractivity contribution in [3.05, 3.63) is 42.2 Å². The molecule has 1 aromatic rings. The van der Waals surface area contributed by atoms with E-state index in [1.807, 2.05) is 0 Å². The molecule has 2 saturated carbocycles. The van der Waals surface area contributed by atoms with Crippen molar-refractivity contribution in [1.82, 2.24) is 4.90 Å². The summed E-state index contributed by atoms with van der Waals surface area (Å²) >= 11 is 0. The highest BCUT2D eigenvalue weighted by Crippen LogP contribution is 2.53. The third-order valence-electron chi connectivity index (χ3n) is 7.05. The molecule has 0 spiro atoms. The molecule has 3 fully saturated rings. The average Bonchev–Trinajstić information content (AvgIpc) is 3.38. The molecule has 146 valence electrons. The number of halogens is 1. The van der Waals surface area contributed by atoms with Crippen molar-refractivity contribution in [2.45, 2.75) is 38.1 Å². The van der Waals surface area contributed by atoms with Crippen LogP contribution in [0.4, 0.5) is 10.1 Å². The zero-order chi connectivity index (χ0) is 19.4. The number of nitrogens with one attached hydrogen (secondary N) is 1. The van der Waals surface area contributed by atoms with E-state index >= 15 is 0 Å². The number of hydrogen-bond donors (Lipinski definition) is 1. The Balaban J connectivity index is 1.21. The standard InChI is InChI=1S/C22H23FN2O3/c23-15-5-7-16(8-6-15)24-20(26)12-3-9-17(10-4-12)25-21(27)18-13-1-2-14(11-13)19(18)22(25)28/h1-2,5-8,12-14,17-19H,3-4,9-11H2,(H,24,26)/t12?,13-,14-,17?,18-,19-/m0/s1. The zero-order valence-corrected chi connectivity index (χ0v) is 15.5. The van der Waals surface area contributed by atoms with E-state index in [4.69, 9.17) is 0 Å². The van der Waals surface area contributed by atoms with Crippen molar-refractivity contribution in [2.75, 3.05) is 5.32 Å². The van der Waals surface area contributed by atoms with Crippen molar-refractivity contribution in [2.24, 2.45) is 29.6 Å². The lowest BCUT2D eigenvalue weighted by atomic mass is 9.84.